The van der Waals surface area contributed by atoms with Gasteiger partial charge in [-0.15, -0.1) is 24.0 Å². The topological polar surface area (TPSA) is 110 Å². The number of hydrogen-bond donors (Lipinski definition) is 3. The third kappa shape index (κ3) is 7.75. The first-order valence-corrected chi connectivity index (χ1v) is 9.58. The lowest BCUT2D eigenvalue weighted by molar-refractivity contribution is 0.506. The molecule has 4 N–H and O–H groups in total. The third-order valence-electron chi connectivity index (χ3n) is 3.34. The number of nitrogens with two attached hydrogens (primary N) is 1. The molecule has 144 valence electrons. The van der Waals surface area contributed by atoms with Gasteiger partial charge in [0.15, 0.2) is 5.96 Å². The van der Waals surface area contributed by atoms with Crippen molar-refractivity contribution < 1.29 is 12.8 Å². The monoisotopic (exact) mass is 492 g/mol. The van der Waals surface area contributed by atoms with Crippen LogP contribution in [0.3, 0.4) is 0 Å². The minimum absolute atomic E-state index is 0. The molecule has 0 aliphatic heterocycles. The Labute approximate surface area is 171 Å². The van der Waals surface area contributed by atoms with Crippen LogP contribution in [-0.4, -0.2) is 27.0 Å². The summed E-state index contributed by atoms with van der Waals surface area (Å²) in [4.78, 5) is 4.62. The van der Waals surface area contributed by atoms with E-state index in [4.69, 9.17) is 9.56 Å². The van der Waals surface area contributed by atoms with Gasteiger partial charge in [0.2, 0.25) is 10.0 Å². The van der Waals surface area contributed by atoms with Gasteiger partial charge in [-0.25, -0.2) is 18.5 Å². The molecule has 9 heteroatoms. The minimum atomic E-state index is -3.67. The predicted molar refractivity (Wildman–Crippen MR) is 113 cm³/mol. The number of halogens is 1. The zero-order valence-electron chi connectivity index (χ0n) is 14.8. The van der Waals surface area contributed by atoms with E-state index in [1.54, 1.807) is 18.4 Å². The Morgan fingerprint density at radius 2 is 1.92 bits per heavy atom. The molecule has 0 saturated heterocycles. The van der Waals surface area contributed by atoms with Gasteiger partial charge in [-0.1, -0.05) is 12.1 Å². The van der Waals surface area contributed by atoms with Gasteiger partial charge in [-0.05, 0) is 43.7 Å². The zero-order valence-corrected chi connectivity index (χ0v) is 18.0. The molecule has 0 aliphatic rings. The minimum Gasteiger partial charge on any atom is -0.469 e. The van der Waals surface area contributed by atoms with Crippen molar-refractivity contribution in [3.63, 3.8) is 0 Å². The summed E-state index contributed by atoms with van der Waals surface area (Å²) in [6, 6.07) is 10.4. The van der Waals surface area contributed by atoms with Gasteiger partial charge in [0.05, 0.1) is 17.7 Å². The fraction of sp³-hybridized carbons (Fsp3) is 0.353. The van der Waals surface area contributed by atoms with E-state index in [-0.39, 0.29) is 34.9 Å². The number of nitrogens with zero attached hydrogens (tertiary/aromatic N) is 1. The normalized spacial score (nSPS) is 11.9. The van der Waals surface area contributed by atoms with Crippen molar-refractivity contribution in [3.8, 4) is 0 Å². The van der Waals surface area contributed by atoms with Crippen molar-refractivity contribution in [2.24, 2.45) is 10.1 Å². The number of nitrogens with one attached hydrogen (secondary N) is 2. The van der Waals surface area contributed by atoms with E-state index in [9.17, 15) is 8.42 Å². The molecule has 1 aromatic carbocycles. The van der Waals surface area contributed by atoms with Crippen LogP contribution in [0.4, 0.5) is 0 Å². The van der Waals surface area contributed by atoms with E-state index < -0.39 is 10.0 Å². The van der Waals surface area contributed by atoms with Crippen LogP contribution in [0, 0.1) is 0 Å². The second-order valence-corrected chi connectivity index (χ2v) is 7.47. The van der Waals surface area contributed by atoms with Gasteiger partial charge in [-0.3, -0.25) is 0 Å². The van der Waals surface area contributed by atoms with Crippen molar-refractivity contribution in [2.75, 3.05) is 6.54 Å². The quantitative estimate of drug-likeness (QED) is 0.312. The standard InChI is InChI=1S/C17H24N4O3S.HI/c1-13(2)21-17(19-10-9-15-4-3-11-24-15)20-12-14-5-7-16(8-6-14)25(18,22)23;/h3-8,11,13H,9-10,12H2,1-2H3,(H2,18,22,23)(H2,19,20,21);1H. The zero-order chi connectivity index (χ0) is 18.3. The Morgan fingerprint density at radius 3 is 2.46 bits per heavy atom. The Hall–Kier alpha value is -1.59. The Kier molecular flexibility index (Phi) is 9.09. The number of hydrogen-bond acceptors (Lipinski definition) is 4. The average Bonchev–Trinajstić information content (AvgIpc) is 3.05. The highest BCUT2D eigenvalue weighted by atomic mass is 127. The van der Waals surface area contributed by atoms with Crippen molar-refractivity contribution in [1.82, 2.24) is 10.6 Å². The fourth-order valence-electron chi connectivity index (χ4n) is 2.14. The Balaban J connectivity index is 0.00000338. The van der Waals surface area contributed by atoms with Crippen LogP contribution in [0.2, 0.25) is 0 Å². The summed E-state index contributed by atoms with van der Waals surface area (Å²) in [5.41, 5.74) is 0.892. The Bertz CT molecular complexity index is 788. The maximum atomic E-state index is 11.3. The summed E-state index contributed by atoms with van der Waals surface area (Å²) in [5, 5.41) is 11.6. The highest BCUT2D eigenvalue weighted by molar-refractivity contribution is 14.0. The van der Waals surface area contributed by atoms with Crippen molar-refractivity contribution >= 4 is 40.0 Å². The highest BCUT2D eigenvalue weighted by Gasteiger charge is 2.07. The van der Waals surface area contributed by atoms with E-state index >= 15 is 0 Å². The molecule has 0 radical (unpaired) electrons. The lowest BCUT2D eigenvalue weighted by Gasteiger charge is -2.15. The number of benzene rings is 1. The SMILES string of the molecule is CC(C)NC(=NCc1ccc(S(N)(=O)=O)cc1)NCCc1ccco1.I. The van der Waals surface area contributed by atoms with E-state index in [0.717, 1.165) is 17.7 Å². The molecule has 0 aliphatic carbocycles. The molecule has 2 aromatic rings. The van der Waals surface area contributed by atoms with Crippen LogP contribution >= 0.6 is 24.0 Å². The number of sulfonamides is 1. The van der Waals surface area contributed by atoms with E-state index in [1.807, 2.05) is 26.0 Å². The summed E-state index contributed by atoms with van der Waals surface area (Å²) in [5.74, 6) is 1.60. The first-order chi connectivity index (χ1) is 11.8. The van der Waals surface area contributed by atoms with Gasteiger partial charge in [0.25, 0.3) is 0 Å². The van der Waals surface area contributed by atoms with Gasteiger partial charge in [0.1, 0.15) is 5.76 Å². The van der Waals surface area contributed by atoms with Crippen molar-refractivity contribution in [3.05, 3.63) is 54.0 Å². The number of rotatable bonds is 7. The number of guanidine groups is 1. The average molecular weight is 492 g/mol. The van der Waals surface area contributed by atoms with Crippen LogP contribution in [0.1, 0.15) is 25.2 Å². The molecule has 1 heterocycles. The number of primary sulfonamides is 1. The molecule has 26 heavy (non-hydrogen) atoms. The first-order valence-electron chi connectivity index (χ1n) is 8.03. The van der Waals surface area contributed by atoms with Crippen molar-refractivity contribution in [1.29, 1.82) is 0 Å². The predicted octanol–water partition coefficient (Wildman–Crippen LogP) is 2.23. The maximum absolute atomic E-state index is 11.3. The lowest BCUT2D eigenvalue weighted by atomic mass is 10.2. The molecule has 1 aromatic heterocycles. The van der Waals surface area contributed by atoms with Crippen LogP contribution < -0.4 is 15.8 Å². The highest BCUT2D eigenvalue weighted by Crippen LogP contribution is 2.09. The molecule has 0 bridgehead atoms. The molecule has 0 atom stereocenters. The van der Waals surface area contributed by atoms with E-state index in [1.165, 1.54) is 12.1 Å². The number of aliphatic imine (C=N–C) groups is 1. The molecule has 0 unspecified atom stereocenters. The second-order valence-electron chi connectivity index (χ2n) is 5.91. The largest absolute Gasteiger partial charge is 0.469 e. The summed E-state index contributed by atoms with van der Waals surface area (Å²) in [7, 11) is -3.67. The second kappa shape index (κ2) is 10.5. The maximum Gasteiger partial charge on any atom is 0.238 e. The first kappa shape index (κ1) is 22.5. The fourth-order valence-corrected chi connectivity index (χ4v) is 2.66. The summed E-state index contributed by atoms with van der Waals surface area (Å²) >= 11 is 0. The molecule has 2 rings (SSSR count). The van der Waals surface area contributed by atoms with Crippen LogP contribution in [-0.2, 0) is 23.0 Å². The van der Waals surface area contributed by atoms with Crippen LogP contribution in [0.15, 0.2) is 57.0 Å². The molecular formula is C17H25IN4O3S. The Morgan fingerprint density at radius 1 is 1.23 bits per heavy atom. The van der Waals surface area contributed by atoms with E-state index in [0.29, 0.717) is 19.0 Å². The lowest BCUT2D eigenvalue weighted by Crippen LogP contribution is -2.41. The molecule has 7 nitrogen and oxygen atoms in total. The van der Waals surface area contributed by atoms with Gasteiger partial charge < -0.3 is 15.1 Å². The summed E-state index contributed by atoms with van der Waals surface area (Å²) in [6.45, 7) is 5.18. The summed E-state index contributed by atoms with van der Waals surface area (Å²) < 4.78 is 27.8. The van der Waals surface area contributed by atoms with Gasteiger partial charge >= 0.3 is 0 Å². The van der Waals surface area contributed by atoms with Crippen LogP contribution in [0.5, 0.6) is 0 Å². The molecule has 0 saturated carbocycles. The van der Waals surface area contributed by atoms with Gasteiger partial charge in [0, 0.05) is 19.0 Å². The molecular weight excluding hydrogens is 467 g/mol. The number of furan rings is 1. The van der Waals surface area contributed by atoms with Crippen molar-refractivity contribution in [2.45, 2.75) is 37.8 Å². The molecule has 0 fully saturated rings. The van der Waals surface area contributed by atoms with Gasteiger partial charge in [-0.2, -0.15) is 0 Å². The smallest absolute Gasteiger partial charge is 0.238 e. The third-order valence-corrected chi connectivity index (χ3v) is 4.27. The van der Waals surface area contributed by atoms with E-state index in [2.05, 4.69) is 15.6 Å². The van der Waals surface area contributed by atoms with Crippen LogP contribution in [0.25, 0.3) is 0 Å². The molecule has 0 spiro atoms. The summed E-state index contributed by atoms with van der Waals surface area (Å²) in [6.07, 6.45) is 2.41. The molecule has 0 amide bonds.